The topological polar surface area (TPSA) is 40.5 Å². The molecule has 1 unspecified atom stereocenters. The lowest BCUT2D eigenvalue weighted by Crippen LogP contribution is -2.45. The quantitative estimate of drug-likeness (QED) is 0.943. The zero-order valence-electron chi connectivity index (χ0n) is 13.5. The van der Waals surface area contributed by atoms with Crippen molar-refractivity contribution < 1.29 is 9.90 Å². The van der Waals surface area contributed by atoms with Gasteiger partial charge in [-0.05, 0) is 24.5 Å². The molecule has 1 N–H and O–H groups in total. The minimum Gasteiger partial charge on any atom is -0.396 e. The molecular weight excluding hydrogens is 286 g/mol. The van der Waals surface area contributed by atoms with Gasteiger partial charge in [-0.25, -0.2) is 0 Å². The fraction of sp³-hybridized carbons (Fsp3) is 0.350. The molecule has 1 saturated heterocycles. The van der Waals surface area contributed by atoms with Crippen LogP contribution in [0.2, 0.25) is 0 Å². The van der Waals surface area contributed by atoms with Crippen molar-refractivity contribution in [1.29, 1.82) is 0 Å². The van der Waals surface area contributed by atoms with Crippen LogP contribution in [0.4, 0.5) is 0 Å². The van der Waals surface area contributed by atoms with Gasteiger partial charge in [0.25, 0.3) is 0 Å². The van der Waals surface area contributed by atoms with Crippen LogP contribution in [0.5, 0.6) is 0 Å². The zero-order valence-corrected chi connectivity index (χ0v) is 13.5. The normalized spacial score (nSPS) is 18.2. The maximum atomic E-state index is 13.4. The van der Waals surface area contributed by atoms with Gasteiger partial charge < -0.3 is 10.0 Å². The van der Waals surface area contributed by atoms with Crippen LogP contribution in [0, 0.1) is 5.92 Å². The third-order valence-corrected chi connectivity index (χ3v) is 4.96. The maximum Gasteiger partial charge on any atom is 0.237 e. The van der Waals surface area contributed by atoms with Crippen molar-refractivity contribution >= 4 is 5.91 Å². The van der Waals surface area contributed by atoms with Crippen molar-refractivity contribution in [3.05, 3.63) is 71.8 Å². The second kappa shape index (κ2) is 6.55. The Morgan fingerprint density at radius 3 is 2.04 bits per heavy atom. The summed E-state index contributed by atoms with van der Waals surface area (Å²) in [6.45, 7) is 3.52. The predicted molar refractivity (Wildman–Crippen MR) is 91.1 cm³/mol. The van der Waals surface area contributed by atoms with Gasteiger partial charge in [-0.2, -0.15) is 0 Å². The Morgan fingerprint density at radius 2 is 1.61 bits per heavy atom. The second-order valence-corrected chi connectivity index (χ2v) is 6.45. The lowest BCUT2D eigenvalue weighted by molar-refractivity contribution is -0.134. The number of carbonyl (C=O) groups is 1. The molecule has 0 saturated carbocycles. The van der Waals surface area contributed by atoms with Crippen molar-refractivity contribution in [1.82, 2.24) is 4.90 Å². The summed E-state index contributed by atoms with van der Waals surface area (Å²) in [6.07, 6.45) is 0.877. The van der Waals surface area contributed by atoms with E-state index in [0.717, 1.165) is 24.1 Å². The van der Waals surface area contributed by atoms with Crippen LogP contribution in [0.3, 0.4) is 0 Å². The van der Waals surface area contributed by atoms with E-state index in [1.54, 1.807) is 0 Å². The maximum absolute atomic E-state index is 13.4. The van der Waals surface area contributed by atoms with Gasteiger partial charge in [-0.15, -0.1) is 0 Å². The zero-order chi connectivity index (χ0) is 16.3. The highest BCUT2D eigenvalue weighted by Gasteiger charge is 2.41. The standard InChI is InChI=1S/C20H23NO2/c1-20(17-8-4-2-5-9-17,18-10-6-3-7-11-18)19(23)21-13-12-16(14-21)15-22/h2-11,16,22H,12-15H2,1H3. The summed E-state index contributed by atoms with van der Waals surface area (Å²) in [5.41, 5.74) is 1.31. The van der Waals surface area contributed by atoms with E-state index in [9.17, 15) is 9.90 Å². The lowest BCUT2D eigenvalue weighted by Gasteiger charge is -2.34. The summed E-state index contributed by atoms with van der Waals surface area (Å²) >= 11 is 0. The molecule has 0 bridgehead atoms. The second-order valence-electron chi connectivity index (χ2n) is 6.45. The summed E-state index contributed by atoms with van der Waals surface area (Å²) in [5.74, 6) is 0.320. The largest absolute Gasteiger partial charge is 0.396 e. The summed E-state index contributed by atoms with van der Waals surface area (Å²) in [7, 11) is 0. The van der Waals surface area contributed by atoms with E-state index in [0.29, 0.717) is 6.54 Å². The number of hydrogen-bond acceptors (Lipinski definition) is 2. The molecule has 1 aliphatic rings. The molecule has 1 heterocycles. The summed E-state index contributed by atoms with van der Waals surface area (Å²) in [5, 5.41) is 9.36. The fourth-order valence-corrected chi connectivity index (χ4v) is 3.44. The van der Waals surface area contributed by atoms with Crippen LogP contribution >= 0.6 is 0 Å². The number of carbonyl (C=O) groups excluding carboxylic acids is 1. The van der Waals surface area contributed by atoms with Gasteiger partial charge in [0.1, 0.15) is 0 Å². The van der Waals surface area contributed by atoms with E-state index in [1.165, 1.54) is 0 Å². The SMILES string of the molecule is CC(C(=O)N1CCC(CO)C1)(c1ccccc1)c1ccccc1. The average molecular weight is 309 g/mol. The highest BCUT2D eigenvalue weighted by molar-refractivity contribution is 5.91. The Kier molecular flexibility index (Phi) is 4.49. The van der Waals surface area contributed by atoms with Crippen molar-refractivity contribution in [2.24, 2.45) is 5.92 Å². The first kappa shape index (κ1) is 15.8. The van der Waals surface area contributed by atoms with Crippen molar-refractivity contribution in [3.63, 3.8) is 0 Å². The molecule has 2 aromatic rings. The summed E-state index contributed by atoms with van der Waals surface area (Å²) in [6, 6.07) is 19.9. The van der Waals surface area contributed by atoms with E-state index < -0.39 is 5.41 Å². The number of rotatable bonds is 4. The molecular formula is C20H23NO2. The van der Waals surface area contributed by atoms with Crippen molar-refractivity contribution in [2.45, 2.75) is 18.8 Å². The molecule has 0 radical (unpaired) electrons. The number of nitrogens with zero attached hydrogens (tertiary/aromatic N) is 1. The number of benzene rings is 2. The highest BCUT2D eigenvalue weighted by atomic mass is 16.3. The molecule has 1 atom stereocenters. The molecule has 0 aliphatic carbocycles. The van der Waals surface area contributed by atoms with Gasteiger partial charge >= 0.3 is 0 Å². The molecule has 0 aromatic heterocycles. The Balaban J connectivity index is 2.01. The van der Waals surface area contributed by atoms with Crippen LogP contribution in [-0.4, -0.2) is 35.6 Å². The Labute approximate surface area is 137 Å². The van der Waals surface area contributed by atoms with Gasteiger partial charge in [-0.1, -0.05) is 60.7 Å². The van der Waals surface area contributed by atoms with E-state index in [-0.39, 0.29) is 18.4 Å². The molecule has 0 spiro atoms. The molecule has 3 heteroatoms. The molecule has 2 aromatic carbocycles. The Hall–Kier alpha value is -2.13. The third-order valence-electron chi connectivity index (χ3n) is 4.96. The van der Waals surface area contributed by atoms with E-state index in [1.807, 2.05) is 72.5 Å². The molecule has 120 valence electrons. The smallest absolute Gasteiger partial charge is 0.237 e. The predicted octanol–water partition coefficient (Wildman–Crippen LogP) is 2.83. The van der Waals surface area contributed by atoms with E-state index >= 15 is 0 Å². The van der Waals surface area contributed by atoms with Crippen LogP contribution in [0.15, 0.2) is 60.7 Å². The lowest BCUT2D eigenvalue weighted by atomic mass is 9.75. The molecule has 3 nitrogen and oxygen atoms in total. The Bertz CT molecular complexity index is 614. The minimum atomic E-state index is -0.702. The number of aliphatic hydroxyl groups is 1. The summed E-state index contributed by atoms with van der Waals surface area (Å²) < 4.78 is 0. The van der Waals surface area contributed by atoms with Gasteiger partial charge in [0.05, 0.1) is 5.41 Å². The number of hydrogen-bond donors (Lipinski definition) is 1. The van der Waals surface area contributed by atoms with Gasteiger partial charge in [0, 0.05) is 25.6 Å². The third kappa shape index (κ3) is 2.89. The van der Waals surface area contributed by atoms with Crippen LogP contribution in [0.25, 0.3) is 0 Å². The monoisotopic (exact) mass is 309 g/mol. The van der Waals surface area contributed by atoms with Crippen LogP contribution in [-0.2, 0) is 10.2 Å². The first-order valence-electron chi connectivity index (χ1n) is 8.17. The number of aliphatic hydroxyl groups excluding tert-OH is 1. The minimum absolute atomic E-state index is 0.117. The van der Waals surface area contributed by atoms with Gasteiger partial charge in [0.15, 0.2) is 0 Å². The first-order chi connectivity index (χ1) is 11.2. The van der Waals surface area contributed by atoms with Crippen molar-refractivity contribution in [2.75, 3.05) is 19.7 Å². The van der Waals surface area contributed by atoms with Gasteiger partial charge in [-0.3, -0.25) is 4.79 Å². The van der Waals surface area contributed by atoms with E-state index in [2.05, 4.69) is 0 Å². The molecule has 23 heavy (non-hydrogen) atoms. The van der Waals surface area contributed by atoms with Crippen LogP contribution < -0.4 is 0 Å². The Morgan fingerprint density at radius 1 is 1.09 bits per heavy atom. The number of amides is 1. The average Bonchev–Trinajstić information content (AvgIpc) is 3.11. The molecule has 1 fully saturated rings. The van der Waals surface area contributed by atoms with Gasteiger partial charge in [0.2, 0.25) is 5.91 Å². The summed E-state index contributed by atoms with van der Waals surface area (Å²) in [4.78, 5) is 15.3. The van der Waals surface area contributed by atoms with Crippen molar-refractivity contribution in [3.8, 4) is 0 Å². The molecule has 1 amide bonds. The van der Waals surface area contributed by atoms with E-state index in [4.69, 9.17) is 0 Å². The van der Waals surface area contributed by atoms with Crippen LogP contribution in [0.1, 0.15) is 24.5 Å². The molecule has 1 aliphatic heterocycles. The first-order valence-corrected chi connectivity index (χ1v) is 8.17. The fourth-order valence-electron chi connectivity index (χ4n) is 3.44. The molecule has 3 rings (SSSR count). The number of likely N-dealkylation sites (tertiary alicyclic amines) is 1. The highest BCUT2D eigenvalue weighted by Crippen LogP contribution is 2.35.